The Morgan fingerprint density at radius 3 is 3.00 bits per heavy atom. The van der Waals surface area contributed by atoms with Crippen LogP contribution in [0.1, 0.15) is 34.9 Å². The van der Waals surface area contributed by atoms with Gasteiger partial charge in [0.25, 0.3) is 0 Å². The number of nitrogens with zero attached hydrogens (tertiary/aromatic N) is 3. The lowest BCUT2D eigenvalue weighted by atomic mass is 9.89. The second kappa shape index (κ2) is 7.48. The molecule has 0 spiro atoms. The first-order valence-electron chi connectivity index (χ1n) is 9.91. The first-order valence-corrected chi connectivity index (χ1v) is 11.7. The van der Waals surface area contributed by atoms with Gasteiger partial charge in [-0.1, -0.05) is 43.0 Å². The topological polar surface area (TPSA) is 46.1 Å². The molecule has 144 valence electrons. The first-order chi connectivity index (χ1) is 13.7. The van der Waals surface area contributed by atoms with Gasteiger partial charge in [-0.2, -0.15) is 0 Å². The monoisotopic (exact) mass is 409 g/mol. The fourth-order valence-corrected chi connectivity index (χ4v) is 6.63. The normalized spacial score (nSPS) is 18.8. The maximum atomic E-state index is 12.9. The Morgan fingerprint density at radius 2 is 2.11 bits per heavy atom. The summed E-state index contributed by atoms with van der Waals surface area (Å²) < 4.78 is 0. The smallest absolute Gasteiger partial charge is 0.233 e. The summed E-state index contributed by atoms with van der Waals surface area (Å²) in [5.74, 6) is 1.38. The molecule has 4 nitrogen and oxygen atoms in total. The second-order valence-corrected chi connectivity index (χ2v) is 9.88. The Hall–Kier alpha value is -1.92. The van der Waals surface area contributed by atoms with Crippen LogP contribution in [0.15, 0.2) is 35.6 Å². The van der Waals surface area contributed by atoms with Gasteiger partial charge >= 0.3 is 0 Å². The van der Waals surface area contributed by atoms with Crippen molar-refractivity contribution in [1.82, 2.24) is 14.9 Å². The third-order valence-electron chi connectivity index (χ3n) is 5.87. The number of aromatic nitrogens is 2. The molecule has 0 unspecified atom stereocenters. The minimum atomic E-state index is 0.198. The van der Waals surface area contributed by atoms with Crippen LogP contribution in [-0.2, 0) is 30.6 Å². The zero-order chi connectivity index (χ0) is 19.1. The standard InChI is InChI=1S/C22H23N3OS2/c1-14-6-7-17-18(10-14)28-22-20(17)21(23-13-24-22)27-12-19(26)25-9-8-15-4-2-3-5-16(15)11-25/h2-5,13-14H,6-12H2,1H3/t14-/m0/s1. The third kappa shape index (κ3) is 3.33. The van der Waals surface area contributed by atoms with E-state index in [9.17, 15) is 4.79 Å². The fourth-order valence-electron chi connectivity index (χ4n) is 4.29. The van der Waals surface area contributed by atoms with Crippen molar-refractivity contribution in [2.45, 2.75) is 44.2 Å². The Balaban J connectivity index is 1.33. The number of rotatable bonds is 3. The van der Waals surface area contributed by atoms with Gasteiger partial charge in [0.05, 0.1) is 5.75 Å². The highest BCUT2D eigenvalue weighted by atomic mass is 32.2. The predicted molar refractivity (Wildman–Crippen MR) is 115 cm³/mol. The number of hydrogen-bond acceptors (Lipinski definition) is 5. The fraction of sp³-hybridized carbons (Fsp3) is 0.409. The molecule has 0 saturated heterocycles. The quantitative estimate of drug-likeness (QED) is 0.472. The molecule has 0 fully saturated rings. The van der Waals surface area contributed by atoms with Crippen LogP contribution in [0, 0.1) is 5.92 Å². The van der Waals surface area contributed by atoms with Crippen molar-refractivity contribution in [3.05, 3.63) is 52.2 Å². The number of hydrogen-bond donors (Lipinski definition) is 0. The largest absolute Gasteiger partial charge is 0.337 e. The van der Waals surface area contributed by atoms with Crippen LogP contribution in [0.2, 0.25) is 0 Å². The van der Waals surface area contributed by atoms with Crippen molar-refractivity contribution in [3.8, 4) is 0 Å². The van der Waals surface area contributed by atoms with Crippen molar-refractivity contribution in [2.24, 2.45) is 5.92 Å². The van der Waals surface area contributed by atoms with E-state index < -0.39 is 0 Å². The highest BCUT2D eigenvalue weighted by Gasteiger charge is 2.25. The van der Waals surface area contributed by atoms with Crippen LogP contribution in [0.4, 0.5) is 0 Å². The number of benzene rings is 1. The van der Waals surface area contributed by atoms with Crippen molar-refractivity contribution >= 4 is 39.2 Å². The number of amides is 1. The molecule has 28 heavy (non-hydrogen) atoms. The minimum Gasteiger partial charge on any atom is -0.337 e. The SMILES string of the molecule is C[C@H]1CCc2c(sc3ncnc(SCC(=O)N4CCc5ccccc5C4)c23)C1. The van der Waals surface area contributed by atoms with Gasteiger partial charge in [0.2, 0.25) is 5.91 Å². The van der Waals surface area contributed by atoms with Gasteiger partial charge in [-0.25, -0.2) is 9.97 Å². The van der Waals surface area contributed by atoms with E-state index in [-0.39, 0.29) is 5.91 Å². The van der Waals surface area contributed by atoms with Gasteiger partial charge < -0.3 is 4.90 Å². The van der Waals surface area contributed by atoms with E-state index in [0.717, 1.165) is 48.1 Å². The van der Waals surface area contributed by atoms with Gasteiger partial charge in [-0.05, 0) is 48.3 Å². The van der Waals surface area contributed by atoms with Gasteiger partial charge in [-0.3, -0.25) is 4.79 Å². The molecule has 1 aliphatic carbocycles. The van der Waals surface area contributed by atoms with Crippen LogP contribution < -0.4 is 0 Å². The molecule has 1 aromatic carbocycles. The number of carbonyl (C=O) groups excluding carboxylic acids is 1. The molecular formula is C22H23N3OS2. The Bertz CT molecular complexity index is 1050. The van der Waals surface area contributed by atoms with Crippen molar-refractivity contribution in [1.29, 1.82) is 0 Å². The highest BCUT2D eigenvalue weighted by molar-refractivity contribution is 8.00. The van der Waals surface area contributed by atoms with E-state index in [1.165, 1.54) is 33.4 Å². The number of aryl methyl sites for hydroxylation is 1. The van der Waals surface area contributed by atoms with Crippen LogP contribution in [-0.4, -0.2) is 33.1 Å². The molecule has 0 saturated carbocycles. The first kappa shape index (κ1) is 18.1. The van der Waals surface area contributed by atoms with E-state index in [0.29, 0.717) is 5.75 Å². The summed E-state index contributed by atoms with van der Waals surface area (Å²) in [6.07, 6.45) is 6.07. The lowest BCUT2D eigenvalue weighted by Gasteiger charge is -2.28. The van der Waals surface area contributed by atoms with Crippen molar-refractivity contribution in [3.63, 3.8) is 0 Å². The minimum absolute atomic E-state index is 0.198. The molecule has 1 atom stereocenters. The van der Waals surface area contributed by atoms with Crippen LogP contribution >= 0.6 is 23.1 Å². The van der Waals surface area contributed by atoms with Gasteiger partial charge in [0.1, 0.15) is 16.2 Å². The molecule has 0 radical (unpaired) electrons. The summed E-state index contributed by atoms with van der Waals surface area (Å²) in [5.41, 5.74) is 4.08. The second-order valence-electron chi connectivity index (χ2n) is 7.83. The molecule has 1 aliphatic heterocycles. The van der Waals surface area contributed by atoms with E-state index in [4.69, 9.17) is 0 Å². The Morgan fingerprint density at radius 1 is 1.25 bits per heavy atom. The van der Waals surface area contributed by atoms with E-state index >= 15 is 0 Å². The average Bonchev–Trinajstić information content (AvgIpc) is 3.09. The predicted octanol–water partition coefficient (Wildman–Crippen LogP) is 4.49. The molecule has 2 aliphatic rings. The molecule has 0 N–H and O–H groups in total. The van der Waals surface area contributed by atoms with Gasteiger partial charge in [-0.15, -0.1) is 11.3 Å². The third-order valence-corrected chi connectivity index (χ3v) is 8.01. The van der Waals surface area contributed by atoms with Gasteiger partial charge in [0, 0.05) is 23.4 Å². The molecular weight excluding hydrogens is 386 g/mol. The molecule has 1 amide bonds. The summed E-state index contributed by atoms with van der Waals surface area (Å²) in [5, 5.41) is 2.18. The lowest BCUT2D eigenvalue weighted by molar-refractivity contribution is -0.129. The zero-order valence-corrected chi connectivity index (χ0v) is 17.6. The molecule has 2 aromatic heterocycles. The summed E-state index contributed by atoms with van der Waals surface area (Å²) >= 11 is 3.39. The lowest BCUT2D eigenvalue weighted by Crippen LogP contribution is -2.37. The molecule has 3 aromatic rings. The maximum absolute atomic E-state index is 12.9. The van der Waals surface area contributed by atoms with Crippen molar-refractivity contribution in [2.75, 3.05) is 12.3 Å². The van der Waals surface area contributed by atoms with Gasteiger partial charge in [0.15, 0.2) is 0 Å². The van der Waals surface area contributed by atoms with E-state index in [1.807, 2.05) is 16.2 Å². The number of thioether (sulfide) groups is 1. The summed E-state index contributed by atoms with van der Waals surface area (Å²) in [7, 11) is 0. The zero-order valence-electron chi connectivity index (χ0n) is 16.0. The summed E-state index contributed by atoms with van der Waals surface area (Å²) in [6, 6.07) is 8.44. The molecule has 3 heterocycles. The van der Waals surface area contributed by atoms with Crippen LogP contribution in [0.5, 0.6) is 0 Å². The maximum Gasteiger partial charge on any atom is 0.233 e. The van der Waals surface area contributed by atoms with Crippen LogP contribution in [0.25, 0.3) is 10.2 Å². The average molecular weight is 410 g/mol. The summed E-state index contributed by atoms with van der Waals surface area (Å²) in [6.45, 7) is 3.85. The van der Waals surface area contributed by atoms with Crippen molar-refractivity contribution < 1.29 is 4.79 Å². The van der Waals surface area contributed by atoms with E-state index in [1.54, 1.807) is 18.1 Å². The number of carbonyl (C=O) groups is 1. The Labute approximate surface area is 173 Å². The summed E-state index contributed by atoms with van der Waals surface area (Å²) in [4.78, 5) is 26.4. The highest BCUT2D eigenvalue weighted by Crippen LogP contribution is 2.40. The molecule has 5 rings (SSSR count). The number of thiophene rings is 1. The molecule has 6 heteroatoms. The van der Waals surface area contributed by atoms with E-state index in [2.05, 4.69) is 41.2 Å². The van der Waals surface area contributed by atoms with Crippen LogP contribution in [0.3, 0.4) is 0 Å². The Kier molecular flexibility index (Phi) is 4.85. The number of fused-ring (bicyclic) bond motifs is 4. The molecule has 0 bridgehead atoms.